The Morgan fingerprint density at radius 3 is 2.83 bits per heavy atom. The zero-order valence-corrected chi connectivity index (χ0v) is 11.1. The van der Waals surface area contributed by atoms with Gasteiger partial charge in [-0.25, -0.2) is 4.39 Å². The summed E-state index contributed by atoms with van der Waals surface area (Å²) in [7, 11) is 0. The minimum Gasteiger partial charge on any atom is -0.491 e. The molecule has 98 valence electrons. The highest BCUT2D eigenvalue weighted by molar-refractivity contribution is 6.18. The molecule has 1 aromatic carbocycles. The van der Waals surface area contributed by atoms with Crippen LogP contribution in [0.3, 0.4) is 0 Å². The van der Waals surface area contributed by atoms with Crippen LogP contribution in [-0.4, -0.2) is 25.7 Å². The molecule has 0 saturated carbocycles. The van der Waals surface area contributed by atoms with Crippen molar-refractivity contribution in [2.45, 2.75) is 13.3 Å². The SMILES string of the molecule is CCOCCOc1ccc(C#CCCCl)c(F)c1. The van der Waals surface area contributed by atoms with Crippen LogP contribution in [0.1, 0.15) is 18.9 Å². The Labute approximate surface area is 112 Å². The van der Waals surface area contributed by atoms with Crippen molar-refractivity contribution >= 4 is 11.6 Å². The molecule has 1 rings (SSSR count). The molecule has 0 aliphatic rings. The van der Waals surface area contributed by atoms with Gasteiger partial charge in [-0.1, -0.05) is 11.8 Å². The quantitative estimate of drug-likeness (QED) is 0.449. The molecule has 0 spiro atoms. The number of ether oxygens (including phenoxy) is 2. The molecule has 0 N–H and O–H groups in total. The summed E-state index contributed by atoms with van der Waals surface area (Å²) in [5, 5.41) is 0. The lowest BCUT2D eigenvalue weighted by Gasteiger charge is -2.06. The third-order valence-corrected chi connectivity index (χ3v) is 2.27. The van der Waals surface area contributed by atoms with Crippen LogP contribution in [0, 0.1) is 17.7 Å². The molecule has 0 bridgehead atoms. The summed E-state index contributed by atoms with van der Waals surface area (Å²) in [6, 6.07) is 4.63. The van der Waals surface area contributed by atoms with Crippen molar-refractivity contribution < 1.29 is 13.9 Å². The van der Waals surface area contributed by atoms with Crippen LogP contribution >= 0.6 is 11.6 Å². The number of benzene rings is 1. The molecule has 0 fully saturated rings. The third-order valence-electron chi connectivity index (χ3n) is 2.08. The maximum atomic E-state index is 13.6. The van der Waals surface area contributed by atoms with Crippen LogP contribution in [0.4, 0.5) is 4.39 Å². The average Bonchev–Trinajstić information content (AvgIpc) is 2.37. The second kappa shape index (κ2) is 8.79. The number of hydrogen-bond donors (Lipinski definition) is 0. The number of alkyl halides is 1. The van der Waals surface area contributed by atoms with E-state index in [1.54, 1.807) is 12.1 Å². The topological polar surface area (TPSA) is 18.5 Å². The minimum absolute atomic E-state index is 0.359. The lowest BCUT2D eigenvalue weighted by molar-refractivity contribution is 0.110. The first-order valence-corrected chi connectivity index (χ1v) is 6.36. The molecule has 4 heteroatoms. The van der Waals surface area contributed by atoms with Gasteiger partial charge in [0.05, 0.1) is 12.2 Å². The Bertz CT molecular complexity index is 424. The number of hydrogen-bond acceptors (Lipinski definition) is 2. The fourth-order valence-corrected chi connectivity index (χ4v) is 1.35. The van der Waals surface area contributed by atoms with Crippen LogP contribution < -0.4 is 4.74 Å². The first kappa shape index (κ1) is 14.8. The summed E-state index contributed by atoms with van der Waals surface area (Å²) in [5.74, 6) is 6.07. The molecule has 0 aliphatic heterocycles. The van der Waals surface area contributed by atoms with E-state index in [-0.39, 0.29) is 5.82 Å². The molecule has 0 radical (unpaired) electrons. The molecule has 0 atom stereocenters. The molecule has 0 aliphatic carbocycles. The van der Waals surface area contributed by atoms with Crippen LogP contribution in [0.25, 0.3) is 0 Å². The average molecular weight is 271 g/mol. The van der Waals surface area contributed by atoms with E-state index in [4.69, 9.17) is 21.1 Å². The smallest absolute Gasteiger partial charge is 0.142 e. The highest BCUT2D eigenvalue weighted by Crippen LogP contribution is 2.16. The molecule has 0 saturated heterocycles. The second-order valence-corrected chi connectivity index (χ2v) is 3.81. The van der Waals surface area contributed by atoms with E-state index in [0.29, 0.717) is 43.4 Å². The van der Waals surface area contributed by atoms with Crippen molar-refractivity contribution in [1.29, 1.82) is 0 Å². The van der Waals surface area contributed by atoms with Crippen LogP contribution in [0.15, 0.2) is 18.2 Å². The first-order chi connectivity index (χ1) is 8.77. The second-order valence-electron chi connectivity index (χ2n) is 3.43. The van der Waals surface area contributed by atoms with Gasteiger partial charge >= 0.3 is 0 Å². The van der Waals surface area contributed by atoms with E-state index in [0.717, 1.165) is 0 Å². The maximum absolute atomic E-state index is 13.6. The van der Waals surface area contributed by atoms with Gasteiger partial charge in [0, 0.05) is 25.0 Å². The maximum Gasteiger partial charge on any atom is 0.142 e. The Balaban J connectivity index is 2.54. The van der Waals surface area contributed by atoms with E-state index >= 15 is 0 Å². The van der Waals surface area contributed by atoms with Gasteiger partial charge in [0.2, 0.25) is 0 Å². The predicted octanol–water partition coefficient (Wildman–Crippen LogP) is 3.22. The zero-order valence-electron chi connectivity index (χ0n) is 10.3. The fourth-order valence-electron chi connectivity index (χ4n) is 1.25. The summed E-state index contributed by atoms with van der Waals surface area (Å²) in [5.41, 5.74) is 0.359. The molecule has 18 heavy (non-hydrogen) atoms. The highest BCUT2D eigenvalue weighted by atomic mass is 35.5. The van der Waals surface area contributed by atoms with Crippen molar-refractivity contribution in [3.05, 3.63) is 29.6 Å². The van der Waals surface area contributed by atoms with E-state index in [1.807, 2.05) is 6.92 Å². The van der Waals surface area contributed by atoms with Crippen molar-refractivity contribution in [3.8, 4) is 17.6 Å². The Kier molecular flexibility index (Phi) is 7.24. The monoisotopic (exact) mass is 270 g/mol. The van der Waals surface area contributed by atoms with Crippen LogP contribution in [0.2, 0.25) is 0 Å². The number of rotatable bonds is 6. The normalized spacial score (nSPS) is 9.72. The lowest BCUT2D eigenvalue weighted by atomic mass is 10.2. The van der Waals surface area contributed by atoms with Crippen molar-refractivity contribution in [2.75, 3.05) is 25.7 Å². The summed E-state index contributed by atoms with van der Waals surface area (Å²) in [4.78, 5) is 0. The number of halogens is 2. The van der Waals surface area contributed by atoms with Gasteiger partial charge in [0.15, 0.2) is 0 Å². The molecule has 0 aromatic heterocycles. The Hall–Kier alpha value is -1.24. The van der Waals surface area contributed by atoms with Gasteiger partial charge in [0.1, 0.15) is 18.2 Å². The molecular formula is C14H16ClFO2. The van der Waals surface area contributed by atoms with Gasteiger partial charge in [-0.3, -0.25) is 0 Å². The standard InChI is InChI=1S/C14H16ClFO2/c1-2-17-9-10-18-13-7-6-12(14(16)11-13)5-3-4-8-15/h6-7,11H,2,4,8-10H2,1H3. The zero-order chi connectivity index (χ0) is 13.2. The van der Waals surface area contributed by atoms with Crippen LogP contribution in [0.5, 0.6) is 5.75 Å². The Morgan fingerprint density at radius 1 is 1.33 bits per heavy atom. The summed E-state index contributed by atoms with van der Waals surface area (Å²) >= 11 is 5.49. The highest BCUT2D eigenvalue weighted by Gasteiger charge is 2.01. The summed E-state index contributed by atoms with van der Waals surface area (Å²) in [6.07, 6.45) is 0.549. The molecule has 1 aromatic rings. The molecule has 0 heterocycles. The minimum atomic E-state index is -0.383. The van der Waals surface area contributed by atoms with Crippen molar-refractivity contribution in [1.82, 2.24) is 0 Å². The van der Waals surface area contributed by atoms with Gasteiger partial charge in [-0.15, -0.1) is 11.6 Å². The van der Waals surface area contributed by atoms with Crippen molar-refractivity contribution in [3.63, 3.8) is 0 Å². The van der Waals surface area contributed by atoms with Gasteiger partial charge in [-0.05, 0) is 19.1 Å². The third kappa shape index (κ3) is 5.39. The van der Waals surface area contributed by atoms with Gasteiger partial charge in [0.25, 0.3) is 0 Å². The van der Waals surface area contributed by atoms with Gasteiger partial charge in [-0.2, -0.15) is 0 Å². The summed E-state index contributed by atoms with van der Waals surface area (Å²) in [6.45, 7) is 3.46. The molecular weight excluding hydrogens is 255 g/mol. The van der Waals surface area contributed by atoms with Crippen molar-refractivity contribution in [2.24, 2.45) is 0 Å². The van der Waals surface area contributed by atoms with Gasteiger partial charge < -0.3 is 9.47 Å². The molecule has 0 unspecified atom stereocenters. The first-order valence-electron chi connectivity index (χ1n) is 5.83. The van der Waals surface area contributed by atoms with E-state index in [9.17, 15) is 4.39 Å². The van der Waals surface area contributed by atoms with E-state index in [2.05, 4.69) is 11.8 Å². The van der Waals surface area contributed by atoms with Crippen LogP contribution in [-0.2, 0) is 4.74 Å². The van der Waals surface area contributed by atoms with E-state index in [1.165, 1.54) is 6.07 Å². The predicted molar refractivity (Wildman–Crippen MR) is 70.6 cm³/mol. The fraction of sp³-hybridized carbons (Fsp3) is 0.429. The summed E-state index contributed by atoms with van der Waals surface area (Å²) < 4.78 is 24.1. The lowest BCUT2D eigenvalue weighted by Crippen LogP contribution is -2.06. The molecule has 2 nitrogen and oxygen atoms in total. The molecule has 0 amide bonds. The largest absolute Gasteiger partial charge is 0.491 e. The van der Waals surface area contributed by atoms with E-state index < -0.39 is 0 Å². The Morgan fingerprint density at radius 2 is 2.17 bits per heavy atom.